The van der Waals surface area contributed by atoms with Crippen molar-refractivity contribution in [2.45, 2.75) is 46.0 Å². The van der Waals surface area contributed by atoms with E-state index in [0.29, 0.717) is 5.92 Å². The van der Waals surface area contributed by atoms with Crippen molar-refractivity contribution in [1.29, 1.82) is 0 Å². The van der Waals surface area contributed by atoms with Crippen molar-refractivity contribution >= 4 is 0 Å². The molecule has 0 saturated heterocycles. The summed E-state index contributed by atoms with van der Waals surface area (Å²) in [4.78, 5) is 0. The highest BCUT2D eigenvalue weighted by molar-refractivity contribution is 5.50. The van der Waals surface area contributed by atoms with E-state index in [1.807, 2.05) is 6.07 Å². The van der Waals surface area contributed by atoms with Crippen LogP contribution in [0.15, 0.2) is 12.1 Å². The van der Waals surface area contributed by atoms with Gasteiger partial charge < -0.3 is 10.2 Å². The Bertz CT molecular complexity index is 330. The maximum atomic E-state index is 9.80. The topological polar surface area (TPSA) is 40.5 Å². The summed E-state index contributed by atoms with van der Waals surface area (Å²) in [5.74, 6) is 0.434. The van der Waals surface area contributed by atoms with Crippen LogP contribution in [0.1, 0.15) is 50.7 Å². The van der Waals surface area contributed by atoms with Crippen LogP contribution >= 0.6 is 0 Å². The molecule has 0 unspecified atom stereocenters. The fourth-order valence-corrected chi connectivity index (χ4v) is 1.80. The van der Waals surface area contributed by atoms with Gasteiger partial charge in [-0.25, -0.2) is 0 Å². The third kappa shape index (κ3) is 2.65. The molecule has 2 heteroatoms. The quantitative estimate of drug-likeness (QED) is 0.743. The number of rotatable bonds is 4. The molecule has 84 valence electrons. The van der Waals surface area contributed by atoms with Crippen LogP contribution < -0.4 is 0 Å². The van der Waals surface area contributed by atoms with Gasteiger partial charge in [-0.15, -0.1) is 0 Å². The van der Waals surface area contributed by atoms with Crippen LogP contribution in [0.5, 0.6) is 11.5 Å². The lowest BCUT2D eigenvalue weighted by molar-refractivity contribution is 0.397. The predicted molar refractivity (Wildman–Crippen MR) is 62.5 cm³/mol. The van der Waals surface area contributed by atoms with Gasteiger partial charge in [0.2, 0.25) is 0 Å². The number of hydrogen-bond acceptors (Lipinski definition) is 2. The molecule has 2 nitrogen and oxygen atoms in total. The second kappa shape index (κ2) is 5.06. The van der Waals surface area contributed by atoms with Gasteiger partial charge in [-0.1, -0.05) is 33.3 Å². The lowest BCUT2D eigenvalue weighted by Gasteiger charge is -2.15. The molecule has 0 aliphatic rings. The van der Waals surface area contributed by atoms with Crippen LogP contribution in [0, 0.1) is 0 Å². The van der Waals surface area contributed by atoms with Gasteiger partial charge >= 0.3 is 0 Å². The van der Waals surface area contributed by atoms with Gasteiger partial charge in [0.05, 0.1) is 0 Å². The predicted octanol–water partition coefficient (Wildman–Crippen LogP) is 3.56. The first-order valence-electron chi connectivity index (χ1n) is 5.61. The number of phenolic OH excluding ortho intramolecular Hbond substituents is 2. The van der Waals surface area contributed by atoms with E-state index in [4.69, 9.17) is 0 Å². The van der Waals surface area contributed by atoms with Crippen molar-refractivity contribution in [3.05, 3.63) is 23.3 Å². The molecule has 2 N–H and O–H groups in total. The van der Waals surface area contributed by atoms with Gasteiger partial charge in [-0.2, -0.15) is 0 Å². The zero-order chi connectivity index (χ0) is 11.4. The summed E-state index contributed by atoms with van der Waals surface area (Å²) in [5, 5.41) is 19.3. The molecule has 0 heterocycles. The Labute approximate surface area is 91.6 Å². The largest absolute Gasteiger partial charge is 0.504 e. The number of benzene rings is 1. The number of phenols is 2. The molecule has 1 aromatic carbocycles. The fourth-order valence-electron chi connectivity index (χ4n) is 1.80. The SMILES string of the molecule is CCCCc1c(C(C)C)ccc(O)c1O. The molecule has 0 aromatic heterocycles. The van der Waals surface area contributed by atoms with Crippen molar-refractivity contribution in [2.75, 3.05) is 0 Å². The van der Waals surface area contributed by atoms with Crippen LogP contribution in [0.2, 0.25) is 0 Å². The monoisotopic (exact) mass is 208 g/mol. The Kier molecular flexibility index (Phi) is 4.01. The molecule has 1 aromatic rings. The fraction of sp³-hybridized carbons (Fsp3) is 0.538. The maximum Gasteiger partial charge on any atom is 0.160 e. The van der Waals surface area contributed by atoms with Crippen molar-refractivity contribution in [2.24, 2.45) is 0 Å². The van der Waals surface area contributed by atoms with Crippen LogP contribution in [-0.2, 0) is 6.42 Å². The van der Waals surface area contributed by atoms with Gasteiger partial charge in [-0.05, 0) is 30.4 Å². The molecule has 0 bridgehead atoms. The van der Waals surface area contributed by atoms with E-state index in [-0.39, 0.29) is 11.5 Å². The number of hydrogen-bond donors (Lipinski definition) is 2. The molecule has 0 spiro atoms. The molecule has 0 radical (unpaired) electrons. The highest BCUT2D eigenvalue weighted by atomic mass is 16.3. The van der Waals surface area contributed by atoms with Crippen LogP contribution in [0.3, 0.4) is 0 Å². The van der Waals surface area contributed by atoms with Crippen molar-refractivity contribution < 1.29 is 10.2 Å². The molecule has 0 atom stereocenters. The Morgan fingerprint density at radius 2 is 1.87 bits per heavy atom. The standard InChI is InChI=1S/C13H20O2/c1-4-5-6-11-10(9(2)3)7-8-12(14)13(11)15/h7-9,14-15H,4-6H2,1-3H3. The second-order valence-electron chi connectivity index (χ2n) is 4.26. The third-order valence-corrected chi connectivity index (χ3v) is 2.70. The number of unbranched alkanes of at least 4 members (excludes halogenated alkanes) is 1. The Morgan fingerprint density at radius 1 is 1.20 bits per heavy atom. The van der Waals surface area contributed by atoms with Gasteiger partial charge in [0, 0.05) is 5.56 Å². The Hall–Kier alpha value is -1.18. The first-order valence-corrected chi connectivity index (χ1v) is 5.61. The van der Waals surface area contributed by atoms with E-state index in [2.05, 4.69) is 20.8 Å². The average Bonchev–Trinajstić information content (AvgIpc) is 2.19. The number of aromatic hydroxyl groups is 2. The normalized spacial score (nSPS) is 10.9. The summed E-state index contributed by atoms with van der Waals surface area (Å²) in [7, 11) is 0. The summed E-state index contributed by atoms with van der Waals surface area (Å²) in [6.07, 6.45) is 2.97. The minimum Gasteiger partial charge on any atom is -0.504 e. The highest BCUT2D eigenvalue weighted by Crippen LogP contribution is 2.35. The van der Waals surface area contributed by atoms with Crippen LogP contribution in [-0.4, -0.2) is 10.2 Å². The molecule has 0 aliphatic carbocycles. The van der Waals surface area contributed by atoms with E-state index in [1.54, 1.807) is 6.07 Å². The summed E-state index contributed by atoms with van der Waals surface area (Å²) >= 11 is 0. The summed E-state index contributed by atoms with van der Waals surface area (Å²) in [5.41, 5.74) is 2.05. The third-order valence-electron chi connectivity index (χ3n) is 2.70. The summed E-state index contributed by atoms with van der Waals surface area (Å²) in [6.45, 7) is 6.32. The molecular weight excluding hydrogens is 188 g/mol. The van der Waals surface area contributed by atoms with Crippen LogP contribution in [0.4, 0.5) is 0 Å². The molecule has 1 rings (SSSR count). The van der Waals surface area contributed by atoms with Crippen LogP contribution in [0.25, 0.3) is 0 Å². The average molecular weight is 208 g/mol. The lowest BCUT2D eigenvalue weighted by atomic mass is 9.93. The Balaban J connectivity index is 3.10. The molecule has 0 fully saturated rings. The van der Waals surface area contributed by atoms with Gasteiger partial charge in [0.1, 0.15) is 0 Å². The van der Waals surface area contributed by atoms with Gasteiger partial charge in [0.15, 0.2) is 11.5 Å². The molecule has 0 amide bonds. The van der Waals surface area contributed by atoms with Crippen molar-refractivity contribution in [3.63, 3.8) is 0 Å². The van der Waals surface area contributed by atoms with E-state index in [9.17, 15) is 10.2 Å². The molecular formula is C13H20O2. The first kappa shape index (κ1) is 11.9. The Morgan fingerprint density at radius 3 is 2.40 bits per heavy atom. The minimum absolute atomic E-state index is 0.00879. The van der Waals surface area contributed by atoms with Gasteiger partial charge in [0.25, 0.3) is 0 Å². The smallest absolute Gasteiger partial charge is 0.160 e. The summed E-state index contributed by atoms with van der Waals surface area (Å²) in [6, 6.07) is 3.48. The van der Waals surface area contributed by atoms with Crippen molar-refractivity contribution in [3.8, 4) is 11.5 Å². The lowest BCUT2D eigenvalue weighted by Crippen LogP contribution is -1.97. The molecule has 0 aliphatic heterocycles. The van der Waals surface area contributed by atoms with E-state index < -0.39 is 0 Å². The zero-order valence-corrected chi connectivity index (χ0v) is 9.75. The van der Waals surface area contributed by atoms with E-state index in [1.165, 1.54) is 0 Å². The molecule has 0 saturated carbocycles. The van der Waals surface area contributed by atoms with E-state index in [0.717, 1.165) is 30.4 Å². The van der Waals surface area contributed by atoms with Crippen molar-refractivity contribution in [1.82, 2.24) is 0 Å². The van der Waals surface area contributed by atoms with Gasteiger partial charge in [-0.3, -0.25) is 0 Å². The maximum absolute atomic E-state index is 9.80. The highest BCUT2D eigenvalue weighted by Gasteiger charge is 2.13. The minimum atomic E-state index is -0.00879. The summed E-state index contributed by atoms with van der Waals surface area (Å²) < 4.78 is 0. The van der Waals surface area contributed by atoms with E-state index >= 15 is 0 Å². The zero-order valence-electron chi connectivity index (χ0n) is 9.75. The second-order valence-corrected chi connectivity index (χ2v) is 4.26. The first-order chi connectivity index (χ1) is 7.07. The molecule has 15 heavy (non-hydrogen) atoms.